The fourth-order valence-corrected chi connectivity index (χ4v) is 2.15. The van der Waals surface area contributed by atoms with Crippen LogP contribution in [-0.2, 0) is 10.8 Å². The van der Waals surface area contributed by atoms with E-state index in [0.717, 1.165) is 25.1 Å². The first-order valence-corrected chi connectivity index (χ1v) is 6.85. The van der Waals surface area contributed by atoms with Gasteiger partial charge >= 0.3 is 0 Å². The molecule has 86 valence electrons. The van der Waals surface area contributed by atoms with Gasteiger partial charge in [-0.25, -0.2) is 0 Å². The zero-order valence-corrected chi connectivity index (χ0v) is 11.0. The second-order valence-electron chi connectivity index (χ2n) is 4.63. The van der Waals surface area contributed by atoms with E-state index in [1.807, 2.05) is 20.8 Å². The summed E-state index contributed by atoms with van der Waals surface area (Å²) >= 11 is 0. The maximum absolute atomic E-state index is 11.7. The van der Waals surface area contributed by atoms with Crippen molar-refractivity contribution < 1.29 is 4.21 Å². The second kappa shape index (κ2) is 6.57. The fraction of sp³-hybridized carbons (Fsp3) is 1.00. The molecule has 2 nitrogen and oxygen atoms in total. The number of nitrogens with one attached hydrogen (secondary N) is 1. The van der Waals surface area contributed by atoms with Crippen molar-refractivity contribution in [3.8, 4) is 0 Å². The summed E-state index contributed by atoms with van der Waals surface area (Å²) in [5, 5.41) is 3.43. The van der Waals surface area contributed by atoms with Crippen molar-refractivity contribution >= 4 is 10.8 Å². The van der Waals surface area contributed by atoms with Gasteiger partial charge in [0, 0.05) is 33.9 Å². The summed E-state index contributed by atoms with van der Waals surface area (Å²) in [6, 6.07) is 0.590. The molecule has 0 aromatic rings. The lowest BCUT2D eigenvalue weighted by atomic mass is 10.2. The van der Waals surface area contributed by atoms with Gasteiger partial charge in [0.15, 0.2) is 0 Å². The predicted octanol–water partition coefficient (Wildman–Crippen LogP) is 2.31. The minimum atomic E-state index is -0.720. The molecule has 1 unspecified atom stereocenters. The molecule has 0 saturated heterocycles. The highest BCUT2D eigenvalue weighted by Gasteiger charge is 2.18. The monoisotopic (exact) mass is 219 g/mol. The van der Waals surface area contributed by atoms with Crippen LogP contribution < -0.4 is 5.32 Å². The lowest BCUT2D eigenvalue weighted by Crippen LogP contribution is -2.34. The van der Waals surface area contributed by atoms with Crippen LogP contribution in [0.5, 0.6) is 0 Å². The molecule has 0 aromatic carbocycles. The van der Waals surface area contributed by atoms with Crippen molar-refractivity contribution in [3.05, 3.63) is 0 Å². The maximum atomic E-state index is 11.7. The Bertz CT molecular complexity index is 171. The molecule has 14 heavy (non-hydrogen) atoms. The van der Waals surface area contributed by atoms with Crippen molar-refractivity contribution in [2.75, 3.05) is 12.3 Å². The van der Waals surface area contributed by atoms with Crippen LogP contribution in [0.4, 0.5) is 0 Å². The van der Waals surface area contributed by atoms with E-state index in [4.69, 9.17) is 0 Å². The van der Waals surface area contributed by atoms with Crippen molar-refractivity contribution in [2.45, 2.75) is 58.2 Å². The first-order chi connectivity index (χ1) is 6.41. The Labute approximate surface area is 91.3 Å². The number of hydrogen-bond donors (Lipinski definition) is 1. The molecule has 0 aromatic heterocycles. The van der Waals surface area contributed by atoms with E-state index in [2.05, 4.69) is 19.2 Å². The largest absolute Gasteiger partial charge is 0.313 e. The first kappa shape index (κ1) is 14.1. The summed E-state index contributed by atoms with van der Waals surface area (Å²) in [7, 11) is -0.720. The predicted molar refractivity (Wildman–Crippen MR) is 65.1 cm³/mol. The zero-order chi connectivity index (χ0) is 11.2. The van der Waals surface area contributed by atoms with Gasteiger partial charge in [-0.3, -0.25) is 4.21 Å². The molecule has 0 aliphatic heterocycles. The molecule has 0 saturated carbocycles. The summed E-state index contributed by atoms with van der Waals surface area (Å²) in [6.07, 6.45) is 2.30. The molecular formula is C11H25NOS. The first-order valence-electron chi connectivity index (χ1n) is 5.53. The quantitative estimate of drug-likeness (QED) is 0.743. The van der Waals surface area contributed by atoms with Crippen LogP contribution in [0, 0.1) is 0 Å². The number of rotatable bonds is 6. The summed E-state index contributed by atoms with van der Waals surface area (Å²) in [4.78, 5) is 0. The minimum absolute atomic E-state index is 0.0738. The maximum Gasteiger partial charge on any atom is 0.0375 e. The molecule has 0 aliphatic rings. The Morgan fingerprint density at radius 2 is 1.71 bits per heavy atom. The van der Waals surface area contributed by atoms with E-state index in [1.165, 1.54) is 0 Å². The van der Waals surface area contributed by atoms with Gasteiger partial charge < -0.3 is 5.32 Å². The van der Waals surface area contributed by atoms with E-state index in [0.29, 0.717) is 6.04 Å². The van der Waals surface area contributed by atoms with Gasteiger partial charge in [0.25, 0.3) is 0 Å². The van der Waals surface area contributed by atoms with Gasteiger partial charge in [-0.15, -0.1) is 0 Å². The van der Waals surface area contributed by atoms with Gasteiger partial charge in [0.05, 0.1) is 0 Å². The zero-order valence-electron chi connectivity index (χ0n) is 10.2. The Balaban J connectivity index is 3.69. The van der Waals surface area contributed by atoms with Crippen molar-refractivity contribution in [1.82, 2.24) is 5.32 Å². The fourth-order valence-electron chi connectivity index (χ4n) is 1.24. The molecule has 0 aliphatic carbocycles. The third-order valence-electron chi connectivity index (χ3n) is 2.39. The summed E-state index contributed by atoms with van der Waals surface area (Å²) in [5.41, 5.74) is 0. The lowest BCUT2D eigenvalue weighted by molar-refractivity contribution is 0.499. The second-order valence-corrected chi connectivity index (χ2v) is 6.95. The van der Waals surface area contributed by atoms with E-state index in [-0.39, 0.29) is 4.75 Å². The molecule has 0 fully saturated rings. The van der Waals surface area contributed by atoms with Crippen LogP contribution in [0.2, 0.25) is 0 Å². The highest BCUT2D eigenvalue weighted by atomic mass is 32.2. The molecule has 0 rings (SSSR count). The Morgan fingerprint density at radius 3 is 2.07 bits per heavy atom. The molecule has 0 bridgehead atoms. The van der Waals surface area contributed by atoms with E-state index in [9.17, 15) is 4.21 Å². The summed E-state index contributed by atoms with van der Waals surface area (Å²) in [5.74, 6) is 0.764. The van der Waals surface area contributed by atoms with Crippen LogP contribution in [-0.4, -0.2) is 27.3 Å². The normalized spacial score (nSPS) is 14.7. The van der Waals surface area contributed by atoms with Crippen LogP contribution in [0.1, 0.15) is 47.5 Å². The summed E-state index contributed by atoms with van der Waals surface area (Å²) in [6.45, 7) is 11.3. The molecule has 0 amide bonds. The van der Waals surface area contributed by atoms with Gasteiger partial charge in [-0.2, -0.15) is 0 Å². The van der Waals surface area contributed by atoms with Crippen LogP contribution >= 0.6 is 0 Å². The molecule has 0 radical (unpaired) electrons. The summed E-state index contributed by atoms with van der Waals surface area (Å²) < 4.78 is 11.6. The highest BCUT2D eigenvalue weighted by molar-refractivity contribution is 7.86. The van der Waals surface area contributed by atoms with Gasteiger partial charge in [0.2, 0.25) is 0 Å². The van der Waals surface area contributed by atoms with Crippen molar-refractivity contribution in [1.29, 1.82) is 0 Å². The van der Waals surface area contributed by atoms with Crippen LogP contribution in [0.15, 0.2) is 0 Å². The third kappa shape index (κ3) is 5.76. The Morgan fingerprint density at radius 1 is 1.21 bits per heavy atom. The molecule has 0 heterocycles. The van der Waals surface area contributed by atoms with Gasteiger partial charge in [0.1, 0.15) is 0 Å². The average molecular weight is 219 g/mol. The molecular weight excluding hydrogens is 194 g/mol. The molecule has 1 atom stereocenters. The number of hydrogen-bond acceptors (Lipinski definition) is 2. The van der Waals surface area contributed by atoms with Crippen molar-refractivity contribution in [2.24, 2.45) is 0 Å². The van der Waals surface area contributed by atoms with E-state index < -0.39 is 10.8 Å². The van der Waals surface area contributed by atoms with Crippen molar-refractivity contribution in [3.63, 3.8) is 0 Å². The minimum Gasteiger partial charge on any atom is -0.313 e. The molecule has 1 N–H and O–H groups in total. The highest BCUT2D eigenvalue weighted by Crippen LogP contribution is 2.10. The standard InChI is InChI=1S/C11H25NOS/c1-6-10(7-2)12-8-9-14(13)11(3,4)5/h10,12H,6-9H2,1-5H3. The molecule has 3 heteroatoms. The van der Waals surface area contributed by atoms with Crippen LogP contribution in [0.3, 0.4) is 0 Å². The van der Waals surface area contributed by atoms with E-state index >= 15 is 0 Å². The Kier molecular flexibility index (Phi) is 6.62. The Hall–Kier alpha value is 0.110. The van der Waals surface area contributed by atoms with Crippen LogP contribution in [0.25, 0.3) is 0 Å². The topological polar surface area (TPSA) is 29.1 Å². The van der Waals surface area contributed by atoms with Gasteiger partial charge in [-0.05, 0) is 33.6 Å². The van der Waals surface area contributed by atoms with E-state index in [1.54, 1.807) is 0 Å². The average Bonchev–Trinajstić information content (AvgIpc) is 2.10. The van der Waals surface area contributed by atoms with Gasteiger partial charge in [-0.1, -0.05) is 13.8 Å². The molecule has 0 spiro atoms. The SMILES string of the molecule is CCC(CC)NCCS(=O)C(C)(C)C. The third-order valence-corrected chi connectivity index (χ3v) is 4.33. The smallest absolute Gasteiger partial charge is 0.0375 e. The lowest BCUT2D eigenvalue weighted by Gasteiger charge is -2.19.